The van der Waals surface area contributed by atoms with Gasteiger partial charge >= 0.3 is 0 Å². The summed E-state index contributed by atoms with van der Waals surface area (Å²) < 4.78 is 5.68. The van der Waals surface area contributed by atoms with E-state index in [1.807, 2.05) is 0 Å². The number of ether oxygens (including phenoxy) is 1. The standard InChI is InChI=1S/C13H27NO3/c1-11(2)9-17-14-8-12(15)10-16-13-6-4-3-5-7-13/h11-15H,3-10H2,1-2H3. The molecule has 4 nitrogen and oxygen atoms in total. The minimum atomic E-state index is -0.482. The molecule has 1 saturated carbocycles. The molecule has 0 aliphatic heterocycles. The molecule has 2 N–H and O–H groups in total. The summed E-state index contributed by atoms with van der Waals surface area (Å²) in [7, 11) is 0. The van der Waals surface area contributed by atoms with Crippen molar-refractivity contribution in [1.82, 2.24) is 5.48 Å². The van der Waals surface area contributed by atoms with E-state index in [2.05, 4.69) is 19.3 Å². The molecule has 4 heteroatoms. The molecule has 1 fully saturated rings. The van der Waals surface area contributed by atoms with Crippen LogP contribution in [0.15, 0.2) is 0 Å². The molecule has 0 amide bonds. The van der Waals surface area contributed by atoms with Gasteiger partial charge in [-0.2, -0.15) is 5.48 Å². The maximum absolute atomic E-state index is 9.68. The van der Waals surface area contributed by atoms with Crippen molar-refractivity contribution < 1.29 is 14.7 Å². The third-order valence-corrected chi connectivity index (χ3v) is 2.91. The lowest BCUT2D eigenvalue weighted by molar-refractivity contribution is -0.0478. The van der Waals surface area contributed by atoms with Crippen LogP contribution >= 0.6 is 0 Å². The Morgan fingerprint density at radius 2 is 1.88 bits per heavy atom. The average molecular weight is 245 g/mol. The van der Waals surface area contributed by atoms with Crippen LogP contribution in [0.1, 0.15) is 46.0 Å². The van der Waals surface area contributed by atoms with Crippen molar-refractivity contribution in [2.75, 3.05) is 19.8 Å². The van der Waals surface area contributed by atoms with E-state index in [0.29, 0.717) is 31.8 Å². The summed E-state index contributed by atoms with van der Waals surface area (Å²) in [5.74, 6) is 0.498. The van der Waals surface area contributed by atoms with Gasteiger partial charge in [-0.3, -0.25) is 0 Å². The van der Waals surface area contributed by atoms with E-state index in [1.54, 1.807) is 0 Å². The van der Waals surface area contributed by atoms with E-state index in [0.717, 1.165) is 12.8 Å². The van der Waals surface area contributed by atoms with Gasteiger partial charge in [0.05, 0.1) is 25.4 Å². The van der Waals surface area contributed by atoms with Gasteiger partial charge in [-0.15, -0.1) is 0 Å². The average Bonchev–Trinajstić information content (AvgIpc) is 2.33. The van der Waals surface area contributed by atoms with Gasteiger partial charge in [0, 0.05) is 6.54 Å². The number of rotatable bonds is 8. The molecule has 0 aromatic carbocycles. The first-order valence-corrected chi connectivity index (χ1v) is 6.82. The second-order valence-electron chi connectivity index (χ2n) is 5.30. The summed E-state index contributed by atoms with van der Waals surface area (Å²) in [6.07, 6.45) is 6.01. The fourth-order valence-corrected chi connectivity index (χ4v) is 1.92. The van der Waals surface area contributed by atoms with Crippen LogP contribution in [-0.4, -0.2) is 37.1 Å². The first kappa shape index (κ1) is 14.9. The molecule has 1 atom stereocenters. The molecule has 0 spiro atoms. The van der Waals surface area contributed by atoms with Crippen molar-refractivity contribution in [3.8, 4) is 0 Å². The molecule has 0 aromatic heterocycles. The lowest BCUT2D eigenvalue weighted by atomic mass is 9.98. The molecular weight excluding hydrogens is 218 g/mol. The summed E-state index contributed by atoms with van der Waals surface area (Å²) in [6, 6.07) is 0. The minimum absolute atomic E-state index is 0.356. The lowest BCUT2D eigenvalue weighted by Crippen LogP contribution is -2.33. The van der Waals surface area contributed by atoms with Crippen LogP contribution in [0.3, 0.4) is 0 Å². The van der Waals surface area contributed by atoms with E-state index in [4.69, 9.17) is 9.57 Å². The number of aliphatic hydroxyl groups excluding tert-OH is 1. The zero-order valence-corrected chi connectivity index (χ0v) is 11.2. The fourth-order valence-electron chi connectivity index (χ4n) is 1.92. The molecule has 102 valence electrons. The molecular formula is C13H27NO3. The normalized spacial score (nSPS) is 19.8. The van der Waals surface area contributed by atoms with Gasteiger partial charge in [-0.05, 0) is 18.8 Å². The highest BCUT2D eigenvalue weighted by Crippen LogP contribution is 2.20. The quantitative estimate of drug-likeness (QED) is 0.506. The number of hydrogen-bond donors (Lipinski definition) is 2. The number of hydroxylamine groups is 1. The van der Waals surface area contributed by atoms with Gasteiger partial charge in [-0.1, -0.05) is 33.1 Å². The first-order valence-electron chi connectivity index (χ1n) is 6.82. The Bertz CT molecular complexity index is 182. The van der Waals surface area contributed by atoms with Crippen LogP contribution in [0, 0.1) is 5.92 Å². The van der Waals surface area contributed by atoms with Crippen LogP contribution < -0.4 is 5.48 Å². The first-order chi connectivity index (χ1) is 8.18. The summed E-state index contributed by atoms with van der Waals surface area (Å²) >= 11 is 0. The van der Waals surface area contributed by atoms with E-state index in [1.165, 1.54) is 19.3 Å². The highest BCUT2D eigenvalue weighted by Gasteiger charge is 2.15. The Labute approximate surface area is 105 Å². The van der Waals surface area contributed by atoms with Crippen LogP contribution in [0.4, 0.5) is 0 Å². The van der Waals surface area contributed by atoms with E-state index in [-0.39, 0.29) is 0 Å². The second kappa shape index (κ2) is 8.86. The van der Waals surface area contributed by atoms with Crippen LogP contribution in [-0.2, 0) is 9.57 Å². The van der Waals surface area contributed by atoms with Crippen LogP contribution in [0.25, 0.3) is 0 Å². The summed E-state index contributed by atoms with van der Waals surface area (Å²) in [4.78, 5) is 5.19. The van der Waals surface area contributed by atoms with Crippen molar-refractivity contribution >= 4 is 0 Å². The molecule has 0 bridgehead atoms. The molecule has 1 aliphatic rings. The monoisotopic (exact) mass is 245 g/mol. The van der Waals surface area contributed by atoms with Gasteiger partial charge < -0.3 is 14.7 Å². The zero-order valence-electron chi connectivity index (χ0n) is 11.2. The molecule has 0 aromatic rings. The van der Waals surface area contributed by atoms with Crippen molar-refractivity contribution in [2.24, 2.45) is 5.92 Å². The smallest absolute Gasteiger partial charge is 0.0921 e. The maximum atomic E-state index is 9.68. The Morgan fingerprint density at radius 1 is 1.18 bits per heavy atom. The number of hydrogen-bond acceptors (Lipinski definition) is 4. The summed E-state index contributed by atoms with van der Waals surface area (Å²) in [5, 5.41) is 9.68. The van der Waals surface area contributed by atoms with Crippen molar-refractivity contribution in [3.05, 3.63) is 0 Å². The second-order valence-corrected chi connectivity index (χ2v) is 5.30. The predicted octanol–water partition coefficient (Wildman–Crippen LogP) is 1.87. The Balaban J connectivity index is 1.94. The Morgan fingerprint density at radius 3 is 2.53 bits per heavy atom. The maximum Gasteiger partial charge on any atom is 0.0921 e. The van der Waals surface area contributed by atoms with Crippen molar-refractivity contribution in [1.29, 1.82) is 0 Å². The molecule has 0 radical (unpaired) electrons. The minimum Gasteiger partial charge on any atom is -0.389 e. The lowest BCUT2D eigenvalue weighted by Gasteiger charge is -2.23. The van der Waals surface area contributed by atoms with Gasteiger partial charge in [0.25, 0.3) is 0 Å². The van der Waals surface area contributed by atoms with E-state index in [9.17, 15) is 5.11 Å². The predicted molar refractivity (Wildman–Crippen MR) is 67.6 cm³/mol. The Kier molecular flexibility index (Phi) is 7.77. The molecule has 1 rings (SSSR count). The van der Waals surface area contributed by atoms with Gasteiger partial charge in [-0.25, -0.2) is 0 Å². The van der Waals surface area contributed by atoms with Gasteiger partial charge in [0.15, 0.2) is 0 Å². The Hall–Kier alpha value is -0.160. The van der Waals surface area contributed by atoms with Gasteiger partial charge in [0.1, 0.15) is 0 Å². The number of aliphatic hydroxyl groups is 1. The topological polar surface area (TPSA) is 50.7 Å². The SMILES string of the molecule is CC(C)CONCC(O)COC1CCCCC1. The molecule has 1 unspecified atom stereocenters. The van der Waals surface area contributed by atoms with Gasteiger partial charge in [0.2, 0.25) is 0 Å². The summed E-state index contributed by atoms with van der Waals surface area (Å²) in [6.45, 7) is 5.67. The van der Waals surface area contributed by atoms with Crippen molar-refractivity contribution in [3.63, 3.8) is 0 Å². The molecule has 0 heterocycles. The summed E-state index contributed by atoms with van der Waals surface area (Å²) in [5.41, 5.74) is 2.77. The zero-order chi connectivity index (χ0) is 12.5. The van der Waals surface area contributed by atoms with E-state index < -0.39 is 6.10 Å². The third kappa shape index (κ3) is 7.71. The molecule has 17 heavy (non-hydrogen) atoms. The number of nitrogens with one attached hydrogen (secondary N) is 1. The van der Waals surface area contributed by atoms with Crippen molar-refractivity contribution in [2.45, 2.75) is 58.2 Å². The van der Waals surface area contributed by atoms with E-state index >= 15 is 0 Å². The van der Waals surface area contributed by atoms with Crippen LogP contribution in [0.2, 0.25) is 0 Å². The third-order valence-electron chi connectivity index (χ3n) is 2.91. The molecule has 0 saturated heterocycles. The highest BCUT2D eigenvalue weighted by atomic mass is 16.6. The molecule has 1 aliphatic carbocycles. The highest BCUT2D eigenvalue weighted by molar-refractivity contribution is 4.66. The fraction of sp³-hybridized carbons (Fsp3) is 1.00. The van der Waals surface area contributed by atoms with Crippen LogP contribution in [0.5, 0.6) is 0 Å². The largest absolute Gasteiger partial charge is 0.389 e.